The van der Waals surface area contributed by atoms with Gasteiger partial charge in [0.15, 0.2) is 17.5 Å². The van der Waals surface area contributed by atoms with E-state index in [1.807, 2.05) is 0 Å². The summed E-state index contributed by atoms with van der Waals surface area (Å²) in [6, 6.07) is 2.67. The molecule has 0 saturated heterocycles. The number of nitrogens with two attached hydrogens (primary N) is 1. The van der Waals surface area contributed by atoms with Crippen LogP contribution in [-0.2, 0) is 0 Å². The van der Waals surface area contributed by atoms with Gasteiger partial charge in [-0.1, -0.05) is 0 Å². The molecule has 0 heterocycles. The first-order valence-corrected chi connectivity index (χ1v) is 5.49. The molecule has 2 aromatic rings. The smallest absolute Gasteiger partial charge is 0.194 e. The van der Waals surface area contributed by atoms with Gasteiger partial charge in [-0.05, 0) is 35.9 Å². The second kappa shape index (κ2) is 5.56. The van der Waals surface area contributed by atoms with E-state index in [0.717, 1.165) is 18.2 Å². The van der Waals surface area contributed by atoms with Gasteiger partial charge in [-0.25, -0.2) is 27.4 Å². The van der Waals surface area contributed by atoms with E-state index < -0.39 is 35.1 Å². The molecule has 0 aliphatic heterocycles. The third-order valence-electron chi connectivity index (χ3n) is 2.78. The van der Waals surface area contributed by atoms with Gasteiger partial charge in [-0.2, -0.15) is 0 Å². The molecule has 20 heavy (non-hydrogen) atoms. The first-order chi connectivity index (χ1) is 9.43. The molecular formula is C13H9F5N2. The molecule has 106 valence electrons. The minimum absolute atomic E-state index is 0.173. The molecular weight excluding hydrogens is 279 g/mol. The van der Waals surface area contributed by atoms with Gasteiger partial charge < -0.3 is 0 Å². The summed E-state index contributed by atoms with van der Waals surface area (Å²) in [5.74, 6) is -0.893. The highest BCUT2D eigenvalue weighted by atomic mass is 19.2. The zero-order valence-corrected chi connectivity index (χ0v) is 9.93. The van der Waals surface area contributed by atoms with Crippen LogP contribution in [0.15, 0.2) is 30.3 Å². The minimum atomic E-state index is -1.65. The van der Waals surface area contributed by atoms with Gasteiger partial charge in [0.2, 0.25) is 0 Å². The molecule has 0 aromatic heterocycles. The van der Waals surface area contributed by atoms with Gasteiger partial charge in [-0.15, -0.1) is 0 Å². The van der Waals surface area contributed by atoms with Crippen molar-refractivity contribution < 1.29 is 22.0 Å². The van der Waals surface area contributed by atoms with Crippen molar-refractivity contribution in [3.8, 4) is 0 Å². The Hall–Kier alpha value is -1.99. The van der Waals surface area contributed by atoms with E-state index in [1.165, 1.54) is 0 Å². The minimum Gasteiger partial charge on any atom is -0.271 e. The van der Waals surface area contributed by atoms with E-state index in [9.17, 15) is 22.0 Å². The fourth-order valence-corrected chi connectivity index (χ4v) is 1.84. The maximum absolute atomic E-state index is 13.6. The lowest BCUT2D eigenvalue weighted by molar-refractivity contribution is 0.442. The van der Waals surface area contributed by atoms with Crippen LogP contribution in [0.1, 0.15) is 17.2 Å². The molecule has 0 bridgehead atoms. The molecule has 2 nitrogen and oxygen atoms in total. The van der Waals surface area contributed by atoms with Crippen molar-refractivity contribution in [1.29, 1.82) is 0 Å². The van der Waals surface area contributed by atoms with Crippen LogP contribution in [0.4, 0.5) is 22.0 Å². The second-order valence-electron chi connectivity index (χ2n) is 4.06. The van der Waals surface area contributed by atoms with Crippen molar-refractivity contribution in [2.75, 3.05) is 0 Å². The number of rotatable bonds is 3. The number of hydrogen-bond donors (Lipinski definition) is 2. The first kappa shape index (κ1) is 14.4. The van der Waals surface area contributed by atoms with Gasteiger partial charge in [-0.3, -0.25) is 5.84 Å². The summed E-state index contributed by atoms with van der Waals surface area (Å²) in [6.07, 6.45) is 0. The average Bonchev–Trinajstić information content (AvgIpc) is 2.40. The molecule has 0 aliphatic rings. The lowest BCUT2D eigenvalue weighted by Gasteiger charge is -2.18. The fourth-order valence-electron chi connectivity index (χ4n) is 1.84. The number of hydrogen-bond acceptors (Lipinski definition) is 2. The van der Waals surface area contributed by atoms with E-state index in [1.54, 1.807) is 0 Å². The number of halogens is 5. The summed E-state index contributed by atoms with van der Waals surface area (Å²) in [4.78, 5) is 0. The number of nitrogens with one attached hydrogen (secondary N) is 1. The van der Waals surface area contributed by atoms with E-state index in [0.29, 0.717) is 12.1 Å². The van der Waals surface area contributed by atoms with Crippen LogP contribution < -0.4 is 11.3 Å². The largest absolute Gasteiger partial charge is 0.271 e. The Morgan fingerprint density at radius 3 is 2.00 bits per heavy atom. The van der Waals surface area contributed by atoms with Crippen LogP contribution in [0.25, 0.3) is 0 Å². The van der Waals surface area contributed by atoms with Gasteiger partial charge in [0, 0.05) is 5.56 Å². The predicted molar refractivity (Wildman–Crippen MR) is 61.8 cm³/mol. The van der Waals surface area contributed by atoms with Gasteiger partial charge in [0.05, 0.1) is 6.04 Å². The van der Waals surface area contributed by atoms with Crippen molar-refractivity contribution in [2.24, 2.45) is 5.84 Å². The Balaban J connectivity index is 2.55. The highest BCUT2D eigenvalue weighted by Crippen LogP contribution is 2.27. The molecule has 1 atom stereocenters. The summed E-state index contributed by atoms with van der Waals surface area (Å²) in [5, 5.41) is 0. The Labute approximate surface area is 111 Å². The van der Waals surface area contributed by atoms with Crippen LogP contribution in [0.5, 0.6) is 0 Å². The predicted octanol–water partition coefficient (Wildman–Crippen LogP) is 2.93. The molecule has 2 aromatic carbocycles. The van der Waals surface area contributed by atoms with Crippen LogP contribution in [0.2, 0.25) is 0 Å². The normalized spacial score (nSPS) is 12.5. The van der Waals surface area contributed by atoms with E-state index >= 15 is 0 Å². The zero-order valence-electron chi connectivity index (χ0n) is 9.93. The lowest BCUT2D eigenvalue weighted by Crippen LogP contribution is -2.30. The third-order valence-corrected chi connectivity index (χ3v) is 2.78. The van der Waals surface area contributed by atoms with Crippen molar-refractivity contribution in [2.45, 2.75) is 6.04 Å². The second-order valence-corrected chi connectivity index (χ2v) is 4.06. The molecule has 7 heteroatoms. The van der Waals surface area contributed by atoms with Crippen molar-refractivity contribution in [1.82, 2.24) is 5.43 Å². The zero-order chi connectivity index (χ0) is 14.9. The standard InChI is InChI=1S/C13H9F5N2/c14-7-1-2-9(15)8(5-7)13(20-19)6-3-10(16)12(18)11(17)4-6/h1-5,13,20H,19H2. The maximum atomic E-state index is 13.6. The molecule has 0 fully saturated rings. The Bertz CT molecular complexity index is 622. The fraction of sp³-hybridized carbons (Fsp3) is 0.0769. The van der Waals surface area contributed by atoms with Crippen molar-refractivity contribution in [3.05, 3.63) is 70.5 Å². The quantitative estimate of drug-likeness (QED) is 0.394. The van der Waals surface area contributed by atoms with Gasteiger partial charge in [0.1, 0.15) is 11.6 Å². The Morgan fingerprint density at radius 1 is 0.850 bits per heavy atom. The summed E-state index contributed by atoms with van der Waals surface area (Å²) in [7, 11) is 0. The van der Waals surface area contributed by atoms with E-state index in [-0.39, 0.29) is 11.1 Å². The number of benzene rings is 2. The molecule has 0 saturated carbocycles. The average molecular weight is 288 g/mol. The van der Waals surface area contributed by atoms with Crippen LogP contribution in [-0.4, -0.2) is 0 Å². The van der Waals surface area contributed by atoms with E-state index in [4.69, 9.17) is 5.84 Å². The van der Waals surface area contributed by atoms with Crippen molar-refractivity contribution in [3.63, 3.8) is 0 Å². The highest BCUT2D eigenvalue weighted by molar-refractivity contribution is 5.34. The summed E-state index contributed by atoms with van der Waals surface area (Å²) >= 11 is 0. The molecule has 2 rings (SSSR count). The van der Waals surface area contributed by atoms with Crippen LogP contribution >= 0.6 is 0 Å². The Morgan fingerprint density at radius 2 is 1.45 bits per heavy atom. The van der Waals surface area contributed by atoms with E-state index in [2.05, 4.69) is 5.43 Å². The topological polar surface area (TPSA) is 38.0 Å². The highest BCUT2D eigenvalue weighted by Gasteiger charge is 2.21. The summed E-state index contributed by atoms with van der Waals surface area (Å²) in [5.41, 5.74) is 1.69. The van der Waals surface area contributed by atoms with Gasteiger partial charge >= 0.3 is 0 Å². The van der Waals surface area contributed by atoms with Crippen molar-refractivity contribution >= 4 is 0 Å². The SMILES string of the molecule is NNC(c1cc(F)c(F)c(F)c1)c1cc(F)ccc1F. The lowest BCUT2D eigenvalue weighted by atomic mass is 9.98. The monoisotopic (exact) mass is 288 g/mol. The molecule has 0 spiro atoms. The first-order valence-electron chi connectivity index (χ1n) is 5.49. The Kier molecular flexibility index (Phi) is 4.01. The molecule has 0 amide bonds. The molecule has 1 unspecified atom stereocenters. The third kappa shape index (κ3) is 2.63. The van der Waals surface area contributed by atoms with Gasteiger partial charge in [0.25, 0.3) is 0 Å². The molecule has 0 radical (unpaired) electrons. The maximum Gasteiger partial charge on any atom is 0.194 e. The molecule has 3 N–H and O–H groups in total. The summed E-state index contributed by atoms with van der Waals surface area (Å²) in [6.45, 7) is 0. The number of hydrazine groups is 1. The van der Waals surface area contributed by atoms with Crippen LogP contribution in [0, 0.1) is 29.1 Å². The molecule has 0 aliphatic carbocycles. The van der Waals surface area contributed by atoms with Crippen LogP contribution in [0.3, 0.4) is 0 Å². The summed E-state index contributed by atoms with van der Waals surface area (Å²) < 4.78 is 66.0.